The third-order valence-electron chi connectivity index (χ3n) is 2.33. The Hall–Kier alpha value is -1.99. The van der Waals surface area contributed by atoms with Crippen molar-refractivity contribution in [3.8, 4) is 5.75 Å². The zero-order valence-corrected chi connectivity index (χ0v) is 11.4. The SMILES string of the molecule is O=S(=O)(F)c1ccc(N=Nc2ccc(O)c(Cl)c2)cc1. The van der Waals surface area contributed by atoms with Crippen LogP contribution in [0, 0.1) is 0 Å². The first-order chi connectivity index (χ1) is 9.36. The minimum Gasteiger partial charge on any atom is -0.506 e. The average Bonchev–Trinajstić information content (AvgIpc) is 2.40. The number of phenolic OH excluding ortho intramolecular Hbond substituents is 1. The Morgan fingerprint density at radius 1 is 1.00 bits per heavy atom. The third-order valence-corrected chi connectivity index (χ3v) is 3.47. The number of hydrogen-bond acceptors (Lipinski definition) is 5. The van der Waals surface area contributed by atoms with Crippen molar-refractivity contribution in [1.29, 1.82) is 0 Å². The number of rotatable bonds is 3. The topological polar surface area (TPSA) is 79.1 Å². The molecule has 0 bridgehead atoms. The molecule has 1 N–H and O–H groups in total. The molecule has 0 aliphatic rings. The van der Waals surface area contributed by atoms with Gasteiger partial charge in [-0.2, -0.15) is 18.6 Å². The van der Waals surface area contributed by atoms with E-state index in [-0.39, 0.29) is 10.8 Å². The van der Waals surface area contributed by atoms with E-state index in [0.717, 1.165) is 12.1 Å². The molecule has 104 valence electrons. The number of benzene rings is 2. The first kappa shape index (κ1) is 14.4. The van der Waals surface area contributed by atoms with Gasteiger partial charge in [0, 0.05) is 0 Å². The number of halogens is 2. The van der Waals surface area contributed by atoms with Crippen LogP contribution in [0.25, 0.3) is 0 Å². The van der Waals surface area contributed by atoms with Crippen molar-refractivity contribution in [1.82, 2.24) is 0 Å². The van der Waals surface area contributed by atoms with Gasteiger partial charge in [-0.15, -0.1) is 3.89 Å². The van der Waals surface area contributed by atoms with Crippen LogP contribution < -0.4 is 0 Å². The lowest BCUT2D eigenvalue weighted by atomic mass is 10.3. The van der Waals surface area contributed by atoms with Gasteiger partial charge in [-0.05, 0) is 42.5 Å². The molecule has 5 nitrogen and oxygen atoms in total. The lowest BCUT2D eigenvalue weighted by Gasteiger charge is -1.98. The van der Waals surface area contributed by atoms with Crippen LogP contribution in [0.15, 0.2) is 57.6 Å². The molecule has 0 amide bonds. The Balaban J connectivity index is 2.21. The summed E-state index contributed by atoms with van der Waals surface area (Å²) in [6.07, 6.45) is 0. The molecule has 20 heavy (non-hydrogen) atoms. The van der Waals surface area contributed by atoms with E-state index < -0.39 is 15.1 Å². The second-order valence-electron chi connectivity index (χ2n) is 3.77. The van der Waals surface area contributed by atoms with E-state index in [1.54, 1.807) is 0 Å². The minimum absolute atomic E-state index is 0.0666. The molecule has 0 saturated carbocycles. The molecule has 0 unspecified atom stereocenters. The summed E-state index contributed by atoms with van der Waals surface area (Å²) in [5.74, 6) is -0.0666. The van der Waals surface area contributed by atoms with Gasteiger partial charge in [0.15, 0.2) is 0 Å². The van der Waals surface area contributed by atoms with E-state index in [9.17, 15) is 17.4 Å². The van der Waals surface area contributed by atoms with Gasteiger partial charge in [-0.1, -0.05) is 11.6 Å². The molecule has 2 aromatic rings. The largest absolute Gasteiger partial charge is 0.506 e. The van der Waals surface area contributed by atoms with E-state index in [1.165, 1.54) is 30.3 Å². The lowest BCUT2D eigenvalue weighted by Crippen LogP contribution is -1.89. The van der Waals surface area contributed by atoms with E-state index in [1.807, 2.05) is 0 Å². The Bertz CT molecular complexity index is 761. The number of azo groups is 1. The van der Waals surface area contributed by atoms with Gasteiger partial charge >= 0.3 is 10.2 Å². The van der Waals surface area contributed by atoms with Crippen LogP contribution in [0.2, 0.25) is 5.02 Å². The maximum Gasteiger partial charge on any atom is 0.332 e. The molecule has 0 aromatic heterocycles. The van der Waals surface area contributed by atoms with Gasteiger partial charge in [0.25, 0.3) is 0 Å². The van der Waals surface area contributed by atoms with Crippen molar-refractivity contribution >= 4 is 33.2 Å². The summed E-state index contributed by atoms with van der Waals surface area (Å²) in [6, 6.07) is 9.11. The second-order valence-corrected chi connectivity index (χ2v) is 5.52. The van der Waals surface area contributed by atoms with Gasteiger partial charge in [0.2, 0.25) is 0 Å². The molecular formula is C12H8ClFN2O3S. The molecular weight excluding hydrogens is 307 g/mol. The highest BCUT2D eigenvalue weighted by atomic mass is 35.5. The predicted octanol–water partition coefficient (Wildman–Crippen LogP) is 4.12. The molecule has 0 aliphatic heterocycles. The lowest BCUT2D eigenvalue weighted by molar-refractivity contribution is 0.475. The van der Waals surface area contributed by atoms with Gasteiger partial charge < -0.3 is 5.11 Å². The maximum atomic E-state index is 12.7. The first-order valence-electron chi connectivity index (χ1n) is 5.31. The van der Waals surface area contributed by atoms with Crippen LogP contribution in [0.3, 0.4) is 0 Å². The Morgan fingerprint density at radius 2 is 1.55 bits per heavy atom. The molecule has 0 saturated heterocycles. The molecule has 0 aliphatic carbocycles. The molecule has 0 atom stereocenters. The minimum atomic E-state index is -4.71. The molecule has 0 radical (unpaired) electrons. The Labute approximate surface area is 119 Å². The van der Waals surface area contributed by atoms with Crippen LogP contribution in [-0.4, -0.2) is 13.5 Å². The number of nitrogens with zero attached hydrogens (tertiary/aromatic N) is 2. The number of aromatic hydroxyl groups is 1. The van der Waals surface area contributed by atoms with Crippen molar-refractivity contribution in [2.24, 2.45) is 10.2 Å². The quantitative estimate of drug-likeness (QED) is 0.683. The molecule has 2 aromatic carbocycles. The standard InChI is InChI=1S/C12H8ClFN2O3S/c13-11-7-9(3-6-12(11)17)16-15-8-1-4-10(5-2-8)20(14,18)19/h1-7,17H. The summed E-state index contributed by atoms with van der Waals surface area (Å²) >= 11 is 5.71. The summed E-state index contributed by atoms with van der Waals surface area (Å²) < 4.78 is 33.9. The summed E-state index contributed by atoms with van der Waals surface area (Å²) in [6.45, 7) is 0. The average molecular weight is 315 g/mol. The van der Waals surface area contributed by atoms with Gasteiger partial charge in [0.05, 0.1) is 21.3 Å². The van der Waals surface area contributed by atoms with Crippen molar-refractivity contribution in [2.45, 2.75) is 4.90 Å². The third kappa shape index (κ3) is 3.52. The van der Waals surface area contributed by atoms with E-state index >= 15 is 0 Å². The monoisotopic (exact) mass is 314 g/mol. The smallest absolute Gasteiger partial charge is 0.332 e. The highest BCUT2D eigenvalue weighted by molar-refractivity contribution is 7.86. The molecule has 0 fully saturated rings. The normalized spacial score (nSPS) is 11.9. The first-order valence-corrected chi connectivity index (χ1v) is 7.07. The zero-order valence-electron chi connectivity index (χ0n) is 9.86. The van der Waals surface area contributed by atoms with E-state index in [2.05, 4.69) is 10.2 Å². The van der Waals surface area contributed by atoms with Crippen LogP contribution in [0.4, 0.5) is 15.3 Å². The van der Waals surface area contributed by atoms with Gasteiger partial charge in [0.1, 0.15) is 5.75 Å². The maximum absolute atomic E-state index is 12.7. The van der Waals surface area contributed by atoms with Crippen molar-refractivity contribution < 1.29 is 17.4 Å². The fraction of sp³-hybridized carbons (Fsp3) is 0. The van der Waals surface area contributed by atoms with Crippen LogP contribution in [0.1, 0.15) is 0 Å². The molecule has 2 rings (SSSR count). The van der Waals surface area contributed by atoms with Crippen molar-refractivity contribution in [3.63, 3.8) is 0 Å². The van der Waals surface area contributed by atoms with Crippen LogP contribution >= 0.6 is 11.6 Å². The fourth-order valence-electron chi connectivity index (χ4n) is 1.35. The summed E-state index contributed by atoms with van der Waals surface area (Å²) in [5, 5.41) is 17.1. The predicted molar refractivity (Wildman–Crippen MR) is 72.0 cm³/mol. The summed E-state index contributed by atoms with van der Waals surface area (Å²) in [4.78, 5) is -0.441. The second kappa shape index (κ2) is 5.56. The van der Waals surface area contributed by atoms with Crippen LogP contribution in [0.5, 0.6) is 5.75 Å². The highest BCUT2D eigenvalue weighted by Crippen LogP contribution is 2.28. The molecule has 8 heteroatoms. The zero-order chi connectivity index (χ0) is 14.8. The number of phenols is 1. The Kier molecular flexibility index (Phi) is 4.01. The number of hydrogen-bond donors (Lipinski definition) is 1. The van der Waals surface area contributed by atoms with Crippen LogP contribution in [-0.2, 0) is 10.2 Å². The molecule has 0 heterocycles. The summed E-state index contributed by atoms with van der Waals surface area (Å²) in [5.41, 5.74) is 0.761. The molecule has 0 spiro atoms. The van der Waals surface area contributed by atoms with Crippen molar-refractivity contribution in [3.05, 3.63) is 47.5 Å². The summed E-state index contributed by atoms with van der Waals surface area (Å²) in [7, 11) is -4.71. The Morgan fingerprint density at radius 3 is 2.10 bits per heavy atom. The van der Waals surface area contributed by atoms with E-state index in [0.29, 0.717) is 11.4 Å². The van der Waals surface area contributed by atoms with E-state index in [4.69, 9.17) is 11.6 Å². The van der Waals surface area contributed by atoms with Gasteiger partial charge in [-0.25, -0.2) is 0 Å². The van der Waals surface area contributed by atoms with Crippen molar-refractivity contribution in [2.75, 3.05) is 0 Å². The van der Waals surface area contributed by atoms with Gasteiger partial charge in [-0.3, -0.25) is 0 Å². The fourth-order valence-corrected chi connectivity index (χ4v) is 1.98. The highest BCUT2D eigenvalue weighted by Gasteiger charge is 2.10.